The van der Waals surface area contributed by atoms with E-state index in [1.54, 1.807) is 24.3 Å². The van der Waals surface area contributed by atoms with Gasteiger partial charge in [-0.3, -0.25) is 0 Å². The molecule has 0 fully saturated rings. The minimum atomic E-state index is -3.18. The first-order valence-corrected chi connectivity index (χ1v) is 11.7. The van der Waals surface area contributed by atoms with Crippen molar-refractivity contribution in [2.24, 2.45) is 0 Å². The van der Waals surface area contributed by atoms with E-state index in [0.29, 0.717) is 11.3 Å². The van der Waals surface area contributed by atoms with E-state index in [1.807, 2.05) is 0 Å². The number of nitrogens with zero attached hydrogens (tertiary/aromatic N) is 2. The molecule has 10 heteroatoms. The zero-order valence-electron chi connectivity index (χ0n) is 17.3. The van der Waals surface area contributed by atoms with Gasteiger partial charge in [-0.15, -0.1) is 0 Å². The molecule has 0 saturated carbocycles. The summed E-state index contributed by atoms with van der Waals surface area (Å²) in [6, 6.07) is 15.4. The molecule has 0 aliphatic rings. The van der Waals surface area contributed by atoms with Gasteiger partial charge in [0.2, 0.25) is 11.8 Å². The molecule has 33 heavy (non-hydrogen) atoms. The molecule has 0 amide bonds. The van der Waals surface area contributed by atoms with E-state index >= 15 is 0 Å². The lowest BCUT2D eigenvalue weighted by Crippen LogP contribution is -2.02. The molecule has 0 aliphatic heterocycles. The number of carbonyl (C=O) groups is 1. The molecule has 4 aromatic rings. The van der Waals surface area contributed by atoms with Crippen LogP contribution in [0.2, 0.25) is 0 Å². The van der Waals surface area contributed by atoms with Crippen molar-refractivity contribution in [1.82, 2.24) is 9.97 Å². The number of carboxylic acid groups (broad SMARTS) is 1. The van der Waals surface area contributed by atoms with Gasteiger partial charge >= 0.3 is 5.97 Å². The molecule has 0 aliphatic carbocycles. The summed E-state index contributed by atoms with van der Waals surface area (Å²) in [6.45, 7) is 0. The summed E-state index contributed by atoms with van der Waals surface area (Å²) >= 11 is 0. The van der Waals surface area contributed by atoms with Crippen LogP contribution in [-0.4, -0.2) is 35.7 Å². The summed E-state index contributed by atoms with van der Waals surface area (Å²) in [5, 5.41) is 12.6. The Balaban J connectivity index is 1.58. The number of carboxylic acids is 1. The number of aromatic carboxylic acids is 1. The maximum Gasteiger partial charge on any atom is 0.336 e. The third-order valence-corrected chi connectivity index (χ3v) is 5.50. The highest BCUT2D eigenvalue weighted by Gasteiger charge is 2.15. The van der Waals surface area contributed by atoms with Crippen LogP contribution in [0.5, 0.6) is 11.6 Å². The molecule has 0 radical (unpaired) electrons. The number of hydrogen-bond acceptors (Lipinski definition) is 7. The minimum Gasteiger partial charge on any atom is -0.478 e. The molecular formula is C23H18FN3O5S. The number of aromatic nitrogens is 2. The van der Waals surface area contributed by atoms with E-state index in [1.165, 1.54) is 42.6 Å². The molecule has 168 valence electrons. The van der Waals surface area contributed by atoms with E-state index in [-0.39, 0.29) is 39.7 Å². The number of anilines is 2. The number of hydrogen-bond donors (Lipinski definition) is 2. The van der Waals surface area contributed by atoms with Crippen LogP contribution in [0.4, 0.5) is 16.0 Å². The lowest BCUT2D eigenvalue weighted by Gasteiger charge is -2.11. The van der Waals surface area contributed by atoms with Crippen LogP contribution in [0.1, 0.15) is 15.9 Å². The molecule has 0 unspecified atom stereocenters. The topological polar surface area (TPSA) is 118 Å². The Hall–Kier alpha value is -4.05. The normalized spacial score (nSPS) is 11.3. The summed E-state index contributed by atoms with van der Waals surface area (Å²) in [7, 11) is -3.18. The van der Waals surface area contributed by atoms with Crippen molar-refractivity contribution in [3.63, 3.8) is 0 Å². The summed E-state index contributed by atoms with van der Waals surface area (Å²) < 4.78 is 43.6. The van der Waals surface area contributed by atoms with Crippen LogP contribution < -0.4 is 10.1 Å². The van der Waals surface area contributed by atoms with E-state index in [9.17, 15) is 22.7 Å². The molecule has 2 N–H and O–H groups in total. The Morgan fingerprint density at radius 1 is 1.09 bits per heavy atom. The Bertz CT molecular complexity index is 1470. The standard InChI is InChI=1S/C23H18FN3O5S/c1-33(30,31)13-14-4-2-5-15(12-14)26-23-25-11-10-20(27-23)32-19-9-8-16-17(21(19)24)6-3-7-18(16)22(28)29/h2-12H,13H2,1H3,(H,28,29)(H,25,26,27). The van der Waals surface area contributed by atoms with E-state index in [2.05, 4.69) is 15.3 Å². The molecule has 4 rings (SSSR count). The van der Waals surface area contributed by atoms with Gasteiger partial charge in [-0.1, -0.05) is 24.3 Å². The van der Waals surface area contributed by atoms with Crippen molar-refractivity contribution in [2.45, 2.75) is 5.75 Å². The van der Waals surface area contributed by atoms with Gasteiger partial charge in [-0.2, -0.15) is 4.98 Å². The lowest BCUT2D eigenvalue weighted by molar-refractivity contribution is 0.0699. The van der Waals surface area contributed by atoms with Crippen LogP contribution in [0.25, 0.3) is 10.8 Å². The van der Waals surface area contributed by atoms with Gasteiger partial charge in [0.1, 0.15) is 0 Å². The molecule has 0 saturated heterocycles. The second kappa shape index (κ2) is 8.83. The van der Waals surface area contributed by atoms with Crippen LogP contribution in [0, 0.1) is 5.82 Å². The first-order chi connectivity index (χ1) is 15.7. The van der Waals surface area contributed by atoms with Gasteiger partial charge in [-0.05, 0) is 41.3 Å². The number of ether oxygens (including phenoxy) is 1. The number of halogens is 1. The molecule has 0 spiro atoms. The fourth-order valence-electron chi connectivity index (χ4n) is 3.31. The summed E-state index contributed by atoms with van der Waals surface area (Å²) in [6.07, 6.45) is 2.58. The number of sulfone groups is 1. The number of benzene rings is 3. The van der Waals surface area contributed by atoms with Gasteiger partial charge in [0, 0.05) is 29.6 Å². The monoisotopic (exact) mass is 467 g/mol. The Kier molecular flexibility index (Phi) is 5.93. The van der Waals surface area contributed by atoms with Crippen molar-refractivity contribution < 1.29 is 27.4 Å². The SMILES string of the molecule is CS(=O)(=O)Cc1cccc(Nc2nccc(Oc3ccc4c(C(=O)O)cccc4c3F)n2)c1. The molecule has 3 aromatic carbocycles. The van der Waals surface area contributed by atoms with Gasteiger partial charge in [0.15, 0.2) is 21.4 Å². The summed E-state index contributed by atoms with van der Waals surface area (Å²) in [5.41, 5.74) is 1.17. The molecule has 0 atom stereocenters. The average Bonchev–Trinajstić information content (AvgIpc) is 2.75. The van der Waals surface area contributed by atoms with Crippen molar-refractivity contribution in [3.05, 3.63) is 83.8 Å². The van der Waals surface area contributed by atoms with Crippen molar-refractivity contribution >= 4 is 38.2 Å². The second-order valence-corrected chi connectivity index (χ2v) is 9.44. The fourth-order valence-corrected chi connectivity index (χ4v) is 4.09. The molecular weight excluding hydrogens is 449 g/mol. The Morgan fingerprint density at radius 2 is 1.88 bits per heavy atom. The number of fused-ring (bicyclic) bond motifs is 1. The van der Waals surface area contributed by atoms with Crippen LogP contribution >= 0.6 is 0 Å². The zero-order chi connectivity index (χ0) is 23.6. The first kappa shape index (κ1) is 22.2. The number of rotatable bonds is 7. The third kappa shape index (κ3) is 5.24. The predicted molar refractivity (Wildman–Crippen MR) is 121 cm³/mol. The van der Waals surface area contributed by atoms with Crippen molar-refractivity contribution in [3.8, 4) is 11.6 Å². The third-order valence-electron chi connectivity index (χ3n) is 4.65. The van der Waals surface area contributed by atoms with Gasteiger partial charge in [0.05, 0.1) is 11.3 Å². The average molecular weight is 467 g/mol. The maximum atomic E-state index is 15.0. The van der Waals surface area contributed by atoms with Gasteiger partial charge in [-0.25, -0.2) is 22.6 Å². The predicted octanol–water partition coefficient (Wildman–Crippen LogP) is 4.55. The molecule has 0 bridgehead atoms. The minimum absolute atomic E-state index is 0.00965. The van der Waals surface area contributed by atoms with Crippen LogP contribution in [0.15, 0.2) is 66.9 Å². The van der Waals surface area contributed by atoms with Gasteiger partial charge in [0.25, 0.3) is 0 Å². The Labute approximate surface area is 188 Å². The lowest BCUT2D eigenvalue weighted by atomic mass is 10.0. The zero-order valence-corrected chi connectivity index (χ0v) is 18.1. The molecule has 1 aromatic heterocycles. The summed E-state index contributed by atoms with van der Waals surface area (Å²) in [4.78, 5) is 19.7. The van der Waals surface area contributed by atoms with Crippen molar-refractivity contribution in [1.29, 1.82) is 0 Å². The van der Waals surface area contributed by atoms with E-state index in [4.69, 9.17) is 4.74 Å². The van der Waals surface area contributed by atoms with E-state index < -0.39 is 21.6 Å². The summed E-state index contributed by atoms with van der Waals surface area (Å²) in [5.74, 6) is -1.86. The number of nitrogens with one attached hydrogen (secondary N) is 1. The Morgan fingerprint density at radius 3 is 2.64 bits per heavy atom. The van der Waals surface area contributed by atoms with Gasteiger partial charge < -0.3 is 15.2 Å². The molecule has 8 nitrogen and oxygen atoms in total. The fraction of sp³-hybridized carbons (Fsp3) is 0.0870. The van der Waals surface area contributed by atoms with Crippen LogP contribution in [-0.2, 0) is 15.6 Å². The highest BCUT2D eigenvalue weighted by Crippen LogP contribution is 2.31. The second-order valence-electron chi connectivity index (χ2n) is 7.30. The smallest absolute Gasteiger partial charge is 0.336 e. The quantitative estimate of drug-likeness (QED) is 0.406. The highest BCUT2D eigenvalue weighted by atomic mass is 32.2. The maximum absolute atomic E-state index is 15.0. The van der Waals surface area contributed by atoms with E-state index in [0.717, 1.165) is 6.26 Å². The van der Waals surface area contributed by atoms with Crippen LogP contribution in [0.3, 0.4) is 0 Å². The largest absolute Gasteiger partial charge is 0.478 e. The highest BCUT2D eigenvalue weighted by molar-refractivity contribution is 7.89. The van der Waals surface area contributed by atoms with Crippen molar-refractivity contribution in [2.75, 3.05) is 11.6 Å². The first-order valence-electron chi connectivity index (χ1n) is 9.69. The molecule has 1 heterocycles.